The van der Waals surface area contributed by atoms with Gasteiger partial charge in [0, 0.05) is 17.6 Å². The van der Waals surface area contributed by atoms with Gasteiger partial charge in [0.15, 0.2) is 5.15 Å². The van der Waals surface area contributed by atoms with Gasteiger partial charge in [-0.3, -0.25) is 9.48 Å². The molecule has 0 spiro atoms. The molecular weight excluding hydrogens is 366 g/mol. The van der Waals surface area contributed by atoms with Crippen molar-refractivity contribution in [2.75, 3.05) is 6.61 Å². The second kappa shape index (κ2) is 7.89. The van der Waals surface area contributed by atoms with Gasteiger partial charge >= 0.3 is 0 Å². The fourth-order valence-corrected chi connectivity index (χ4v) is 3.20. The molecule has 27 heavy (non-hydrogen) atoms. The van der Waals surface area contributed by atoms with Crippen LogP contribution in [0.2, 0.25) is 5.15 Å². The highest BCUT2D eigenvalue weighted by atomic mass is 35.5. The number of aliphatic hydroxyl groups is 1. The van der Waals surface area contributed by atoms with E-state index in [1.54, 1.807) is 35.9 Å². The maximum Gasteiger partial charge on any atom is 0.220 e. The Labute approximate surface area is 161 Å². The molecule has 0 saturated heterocycles. The fourth-order valence-electron chi connectivity index (χ4n) is 2.95. The average Bonchev–Trinajstić information content (AvgIpc) is 2.98. The van der Waals surface area contributed by atoms with E-state index in [-0.39, 0.29) is 6.61 Å². The molecule has 0 aliphatic carbocycles. The summed E-state index contributed by atoms with van der Waals surface area (Å²) in [7, 11) is 0. The van der Waals surface area contributed by atoms with Gasteiger partial charge in [-0.25, -0.2) is 0 Å². The van der Waals surface area contributed by atoms with Gasteiger partial charge in [0.05, 0.1) is 23.7 Å². The number of rotatable bonds is 6. The quantitative estimate of drug-likeness (QED) is 0.520. The number of hydrogen-bond donors (Lipinski definition) is 1. The van der Waals surface area contributed by atoms with Gasteiger partial charge in [-0.2, -0.15) is 10.4 Å². The maximum absolute atomic E-state index is 12.3. The zero-order valence-electron chi connectivity index (χ0n) is 14.9. The number of halogens is 1. The third-order valence-electron chi connectivity index (χ3n) is 4.38. The van der Waals surface area contributed by atoms with Gasteiger partial charge in [0.1, 0.15) is 0 Å². The van der Waals surface area contributed by atoms with Crippen molar-refractivity contribution in [2.24, 2.45) is 0 Å². The minimum absolute atomic E-state index is 0.225. The Morgan fingerprint density at radius 2 is 2.19 bits per heavy atom. The summed E-state index contributed by atoms with van der Waals surface area (Å²) >= 11 is 6.25. The molecule has 0 bridgehead atoms. The van der Waals surface area contributed by atoms with Gasteiger partial charge in [0.25, 0.3) is 0 Å². The van der Waals surface area contributed by atoms with Crippen LogP contribution in [0.3, 0.4) is 0 Å². The molecule has 1 heterocycles. The normalized spacial score (nSPS) is 12.1. The zero-order valence-corrected chi connectivity index (χ0v) is 15.7. The first kappa shape index (κ1) is 19.1. The van der Waals surface area contributed by atoms with E-state index < -0.39 is 12.1 Å². The number of nitriles is 1. The van der Waals surface area contributed by atoms with Crippen molar-refractivity contribution >= 4 is 28.3 Å². The Kier molecular flexibility index (Phi) is 5.57. The van der Waals surface area contributed by atoms with E-state index in [0.29, 0.717) is 33.7 Å². The van der Waals surface area contributed by atoms with Gasteiger partial charge in [0.2, 0.25) is 12.1 Å². The SMILES string of the molecule is CCOC(O)C(=O)c1ccc2c(Cl)nn(Cc3c(C)cccc3C#N)c2c1. The van der Waals surface area contributed by atoms with Gasteiger partial charge in [-0.1, -0.05) is 29.8 Å². The van der Waals surface area contributed by atoms with E-state index in [2.05, 4.69) is 11.2 Å². The van der Waals surface area contributed by atoms with Crippen molar-refractivity contribution in [1.82, 2.24) is 9.78 Å². The number of Topliss-reactive ketones (excluding diaryl/α,β-unsaturated/α-hetero) is 1. The molecule has 6 nitrogen and oxygen atoms in total. The van der Waals surface area contributed by atoms with Crippen molar-refractivity contribution < 1.29 is 14.6 Å². The van der Waals surface area contributed by atoms with Crippen molar-refractivity contribution in [1.29, 1.82) is 5.26 Å². The second-order valence-corrected chi connectivity index (χ2v) is 6.42. The summed E-state index contributed by atoms with van der Waals surface area (Å²) in [4.78, 5) is 12.3. The lowest BCUT2D eigenvalue weighted by Crippen LogP contribution is -2.23. The minimum Gasteiger partial charge on any atom is -0.362 e. The van der Waals surface area contributed by atoms with Crippen LogP contribution in [0.1, 0.15) is 34.0 Å². The van der Waals surface area contributed by atoms with E-state index in [9.17, 15) is 15.2 Å². The third kappa shape index (κ3) is 3.71. The van der Waals surface area contributed by atoms with Crippen LogP contribution in [0.4, 0.5) is 0 Å². The van der Waals surface area contributed by atoms with E-state index in [1.165, 1.54) is 0 Å². The van der Waals surface area contributed by atoms with Crippen LogP contribution in [-0.4, -0.2) is 33.6 Å². The van der Waals surface area contributed by atoms with Crippen molar-refractivity contribution in [3.05, 3.63) is 63.8 Å². The summed E-state index contributed by atoms with van der Waals surface area (Å²) in [5.74, 6) is -0.531. The average molecular weight is 384 g/mol. The second-order valence-electron chi connectivity index (χ2n) is 6.07. The van der Waals surface area contributed by atoms with Crippen molar-refractivity contribution in [3.8, 4) is 6.07 Å². The summed E-state index contributed by atoms with van der Waals surface area (Å²) in [6, 6.07) is 12.6. The van der Waals surface area contributed by atoms with Crippen LogP contribution in [0.15, 0.2) is 36.4 Å². The Bertz CT molecular complexity index is 1050. The Balaban J connectivity index is 2.06. The predicted octanol–water partition coefficient (Wildman–Crippen LogP) is 3.46. The molecule has 0 aliphatic rings. The predicted molar refractivity (Wildman–Crippen MR) is 102 cm³/mol. The molecule has 0 amide bonds. The molecular formula is C20H18ClN3O3. The molecule has 0 radical (unpaired) electrons. The largest absolute Gasteiger partial charge is 0.362 e. The van der Waals surface area contributed by atoms with E-state index in [4.69, 9.17) is 16.3 Å². The van der Waals surface area contributed by atoms with E-state index in [0.717, 1.165) is 11.1 Å². The number of aliphatic hydroxyl groups excluding tert-OH is 1. The van der Waals surface area contributed by atoms with Crippen molar-refractivity contribution in [2.45, 2.75) is 26.7 Å². The molecule has 2 aromatic carbocycles. The van der Waals surface area contributed by atoms with Crippen LogP contribution in [0, 0.1) is 18.3 Å². The minimum atomic E-state index is -1.51. The maximum atomic E-state index is 12.3. The number of nitrogens with zero attached hydrogens (tertiary/aromatic N) is 3. The molecule has 0 aliphatic heterocycles. The van der Waals surface area contributed by atoms with Crippen LogP contribution in [-0.2, 0) is 11.3 Å². The van der Waals surface area contributed by atoms with Crippen LogP contribution >= 0.6 is 11.6 Å². The Hall–Kier alpha value is -2.72. The smallest absolute Gasteiger partial charge is 0.220 e. The summed E-state index contributed by atoms with van der Waals surface area (Å²) in [6.07, 6.45) is -1.51. The Morgan fingerprint density at radius 1 is 1.41 bits per heavy atom. The topological polar surface area (TPSA) is 88.1 Å². The van der Waals surface area contributed by atoms with E-state index >= 15 is 0 Å². The van der Waals surface area contributed by atoms with Gasteiger partial charge in [-0.15, -0.1) is 0 Å². The molecule has 1 atom stereocenters. The summed E-state index contributed by atoms with van der Waals surface area (Å²) < 4.78 is 6.63. The first-order valence-electron chi connectivity index (χ1n) is 8.44. The van der Waals surface area contributed by atoms with Gasteiger partial charge in [-0.05, 0) is 43.2 Å². The van der Waals surface area contributed by atoms with Crippen LogP contribution in [0.5, 0.6) is 0 Å². The summed E-state index contributed by atoms with van der Waals surface area (Å²) in [5, 5.41) is 24.5. The highest BCUT2D eigenvalue weighted by molar-refractivity contribution is 6.34. The molecule has 0 saturated carbocycles. The number of hydrogen-bond acceptors (Lipinski definition) is 5. The van der Waals surface area contributed by atoms with Crippen molar-refractivity contribution in [3.63, 3.8) is 0 Å². The number of aryl methyl sites for hydroxylation is 1. The van der Waals surface area contributed by atoms with E-state index in [1.807, 2.05) is 19.1 Å². The number of benzene rings is 2. The standard InChI is InChI=1S/C20H18ClN3O3/c1-3-27-20(26)18(25)13-7-8-15-17(9-13)24(23-19(15)21)11-16-12(2)5-4-6-14(16)10-22/h4-9,20,26H,3,11H2,1-2H3. The molecule has 1 aromatic heterocycles. The van der Waals surface area contributed by atoms with Crippen LogP contribution < -0.4 is 0 Å². The molecule has 3 aromatic rings. The number of aromatic nitrogens is 2. The third-order valence-corrected chi connectivity index (χ3v) is 4.66. The fraction of sp³-hybridized carbons (Fsp3) is 0.250. The number of carbonyl (C=O) groups excluding carboxylic acids is 1. The molecule has 138 valence electrons. The highest BCUT2D eigenvalue weighted by Gasteiger charge is 2.20. The molecule has 1 N–H and O–H groups in total. The molecule has 3 rings (SSSR count). The molecule has 7 heteroatoms. The lowest BCUT2D eigenvalue weighted by atomic mass is 10.0. The lowest BCUT2D eigenvalue weighted by molar-refractivity contribution is -0.0674. The highest BCUT2D eigenvalue weighted by Crippen LogP contribution is 2.26. The number of carbonyl (C=O) groups is 1. The van der Waals surface area contributed by atoms with Crippen LogP contribution in [0.25, 0.3) is 10.9 Å². The zero-order chi connectivity index (χ0) is 19.6. The first-order valence-corrected chi connectivity index (χ1v) is 8.82. The number of fused-ring (bicyclic) bond motifs is 1. The molecule has 0 fully saturated rings. The summed E-state index contributed by atoms with van der Waals surface area (Å²) in [5.41, 5.74) is 3.31. The summed E-state index contributed by atoms with van der Waals surface area (Å²) in [6.45, 7) is 4.19. The van der Waals surface area contributed by atoms with Gasteiger partial charge < -0.3 is 9.84 Å². The first-order chi connectivity index (χ1) is 13.0. The number of ketones is 1. The monoisotopic (exact) mass is 383 g/mol. The molecule has 1 unspecified atom stereocenters. The number of ether oxygens (including phenoxy) is 1. The lowest BCUT2D eigenvalue weighted by Gasteiger charge is -2.11. The Morgan fingerprint density at radius 3 is 2.89 bits per heavy atom.